The summed E-state index contributed by atoms with van der Waals surface area (Å²) < 4.78 is 0. The quantitative estimate of drug-likeness (QED) is 0.196. The third-order valence-corrected chi connectivity index (χ3v) is 9.51. The smallest absolute Gasteiger partial charge is 0.0459 e. The Morgan fingerprint density at radius 2 is 1.26 bits per heavy atom. The van der Waals surface area contributed by atoms with Gasteiger partial charge in [-0.15, -0.1) is 0 Å². The molecule has 0 saturated heterocycles. The van der Waals surface area contributed by atoms with Gasteiger partial charge in [0.25, 0.3) is 0 Å². The van der Waals surface area contributed by atoms with Crippen molar-refractivity contribution in [2.24, 2.45) is 0 Å². The number of aromatic amines is 2. The molecule has 2 heterocycles. The average molecular weight is 566 g/mol. The highest BCUT2D eigenvalue weighted by Gasteiger charge is 2.34. The van der Waals surface area contributed by atoms with Crippen molar-refractivity contribution in [1.82, 2.24) is 9.97 Å². The minimum Gasteiger partial charge on any atom is -0.381 e. The van der Waals surface area contributed by atoms with Crippen LogP contribution in [0.1, 0.15) is 79.6 Å². The van der Waals surface area contributed by atoms with E-state index in [1.165, 1.54) is 81.3 Å². The lowest BCUT2D eigenvalue weighted by Crippen LogP contribution is -2.33. The second-order valence-electron chi connectivity index (χ2n) is 13.4. The minimum absolute atomic E-state index is 0.165. The Bertz CT molecular complexity index is 1830. The Hall–Kier alpha value is -4.24. The Kier molecular flexibility index (Phi) is 7.34. The number of H-pyrrole nitrogens is 2. The Morgan fingerprint density at radius 3 is 2.00 bits per heavy atom. The summed E-state index contributed by atoms with van der Waals surface area (Å²) in [6.07, 6.45) is 7.39. The Labute approximate surface area is 255 Å². The average Bonchev–Trinajstić information content (AvgIpc) is 3.60. The maximum atomic E-state index is 3.86. The first kappa shape index (κ1) is 27.6. The van der Waals surface area contributed by atoms with Gasteiger partial charge in [0.15, 0.2) is 0 Å². The molecule has 3 N–H and O–H groups in total. The SMILES string of the molecule is CC(C)(C)c1ccc(C2c3c([nH]c4ccccc34)CCC2Nc2ccccc2)cc1.c1ccc2c3c([nH]c2c1)CCCC3. The lowest BCUT2D eigenvalue weighted by molar-refractivity contribution is 0.547. The molecule has 0 radical (unpaired) electrons. The number of benzene rings is 4. The van der Waals surface area contributed by atoms with Crippen LogP contribution in [0.15, 0.2) is 103 Å². The lowest BCUT2D eigenvalue weighted by Gasteiger charge is -2.34. The maximum Gasteiger partial charge on any atom is 0.0459 e. The molecule has 4 aromatic carbocycles. The second-order valence-corrected chi connectivity index (χ2v) is 13.4. The summed E-state index contributed by atoms with van der Waals surface area (Å²) in [5.41, 5.74) is 12.6. The van der Waals surface area contributed by atoms with Gasteiger partial charge in [0, 0.05) is 50.8 Å². The van der Waals surface area contributed by atoms with Crippen LogP contribution in [0.3, 0.4) is 0 Å². The predicted molar refractivity (Wildman–Crippen MR) is 182 cm³/mol. The summed E-state index contributed by atoms with van der Waals surface area (Å²) in [5.74, 6) is 0.319. The zero-order valence-electron chi connectivity index (χ0n) is 25.7. The van der Waals surface area contributed by atoms with Gasteiger partial charge in [-0.3, -0.25) is 0 Å². The molecule has 2 aliphatic rings. The van der Waals surface area contributed by atoms with Crippen molar-refractivity contribution in [2.75, 3.05) is 5.32 Å². The van der Waals surface area contributed by atoms with Crippen LogP contribution in [0.5, 0.6) is 0 Å². The van der Waals surface area contributed by atoms with Gasteiger partial charge in [-0.1, -0.05) is 99.6 Å². The molecule has 0 bridgehead atoms. The molecule has 0 saturated carbocycles. The molecule has 43 heavy (non-hydrogen) atoms. The van der Waals surface area contributed by atoms with Gasteiger partial charge < -0.3 is 15.3 Å². The molecule has 0 aliphatic heterocycles. The number of fused-ring (bicyclic) bond motifs is 6. The van der Waals surface area contributed by atoms with Crippen molar-refractivity contribution in [3.05, 3.63) is 137 Å². The molecule has 2 aliphatic carbocycles. The number of hydrogen-bond donors (Lipinski definition) is 3. The minimum atomic E-state index is 0.165. The number of aromatic nitrogens is 2. The van der Waals surface area contributed by atoms with Crippen LogP contribution in [0.2, 0.25) is 0 Å². The Morgan fingerprint density at radius 1 is 0.628 bits per heavy atom. The van der Waals surface area contributed by atoms with Gasteiger partial charge in [-0.2, -0.15) is 0 Å². The number of nitrogens with one attached hydrogen (secondary N) is 3. The highest BCUT2D eigenvalue weighted by molar-refractivity contribution is 5.86. The maximum absolute atomic E-state index is 3.86. The lowest BCUT2D eigenvalue weighted by atomic mass is 9.76. The topological polar surface area (TPSA) is 43.6 Å². The van der Waals surface area contributed by atoms with E-state index in [1.807, 2.05) is 0 Å². The van der Waals surface area contributed by atoms with Crippen molar-refractivity contribution in [3.63, 3.8) is 0 Å². The standard InChI is InChI=1S/C28H30N2.C12H13N/c1-28(2,3)20-15-13-19(14-16-20)26-24(29-21-9-5-4-6-10-21)17-18-25-27(26)22-11-7-8-12-23(22)30-25;1-3-7-11-9(5-1)10-6-2-4-8-12(10)13-11/h4-16,24,26,29-30H,17-18H2,1-3H3;1,3,5,7,13H,2,4,6,8H2. The number of para-hydroxylation sites is 3. The number of anilines is 1. The van der Waals surface area contributed by atoms with Crippen molar-refractivity contribution >= 4 is 27.5 Å². The molecule has 3 nitrogen and oxygen atoms in total. The molecule has 2 atom stereocenters. The zero-order valence-corrected chi connectivity index (χ0v) is 25.7. The predicted octanol–water partition coefficient (Wildman–Crippen LogP) is 10.1. The largest absolute Gasteiger partial charge is 0.381 e. The fourth-order valence-electron chi connectivity index (χ4n) is 7.29. The monoisotopic (exact) mass is 565 g/mol. The highest BCUT2D eigenvalue weighted by atomic mass is 14.9. The second kappa shape index (κ2) is 11.4. The van der Waals surface area contributed by atoms with Crippen LogP contribution in [0, 0.1) is 0 Å². The third kappa shape index (κ3) is 5.49. The Balaban J connectivity index is 0.000000191. The van der Waals surface area contributed by atoms with E-state index in [0.717, 1.165) is 12.8 Å². The van der Waals surface area contributed by atoms with Crippen LogP contribution in [0.4, 0.5) is 5.69 Å². The first-order chi connectivity index (χ1) is 21.0. The molecule has 218 valence electrons. The summed E-state index contributed by atoms with van der Waals surface area (Å²) in [7, 11) is 0. The van der Waals surface area contributed by atoms with Crippen LogP contribution < -0.4 is 5.32 Å². The van der Waals surface area contributed by atoms with Gasteiger partial charge in [-0.25, -0.2) is 0 Å². The van der Waals surface area contributed by atoms with E-state index in [2.05, 4.69) is 139 Å². The number of aryl methyl sites for hydroxylation is 3. The molecule has 6 aromatic rings. The van der Waals surface area contributed by atoms with Gasteiger partial charge in [0.2, 0.25) is 0 Å². The number of rotatable bonds is 3. The molecule has 0 amide bonds. The fourth-order valence-corrected chi connectivity index (χ4v) is 7.29. The first-order valence-electron chi connectivity index (χ1n) is 16.1. The van der Waals surface area contributed by atoms with E-state index in [4.69, 9.17) is 0 Å². The fraction of sp³-hybridized carbons (Fsp3) is 0.300. The zero-order chi connectivity index (χ0) is 29.4. The number of hydrogen-bond acceptors (Lipinski definition) is 1. The summed E-state index contributed by atoms with van der Waals surface area (Å²) in [4.78, 5) is 7.22. The van der Waals surface area contributed by atoms with E-state index in [-0.39, 0.29) is 5.41 Å². The van der Waals surface area contributed by atoms with E-state index in [9.17, 15) is 0 Å². The third-order valence-electron chi connectivity index (χ3n) is 9.51. The van der Waals surface area contributed by atoms with Crippen LogP contribution >= 0.6 is 0 Å². The molecule has 8 rings (SSSR count). The highest BCUT2D eigenvalue weighted by Crippen LogP contribution is 2.42. The molecule has 2 unspecified atom stereocenters. The van der Waals surface area contributed by atoms with Gasteiger partial charge in [0.05, 0.1) is 0 Å². The van der Waals surface area contributed by atoms with Gasteiger partial charge >= 0.3 is 0 Å². The van der Waals surface area contributed by atoms with Gasteiger partial charge in [-0.05, 0) is 90.5 Å². The van der Waals surface area contributed by atoms with E-state index >= 15 is 0 Å². The molecule has 2 aromatic heterocycles. The van der Waals surface area contributed by atoms with Crippen molar-refractivity contribution in [2.45, 2.75) is 76.7 Å². The molecule has 3 heteroatoms. The van der Waals surface area contributed by atoms with Crippen molar-refractivity contribution in [1.29, 1.82) is 0 Å². The first-order valence-corrected chi connectivity index (χ1v) is 16.1. The normalized spacial score (nSPS) is 18.0. The molecule has 0 spiro atoms. The van der Waals surface area contributed by atoms with Crippen LogP contribution in [-0.2, 0) is 24.7 Å². The van der Waals surface area contributed by atoms with Gasteiger partial charge in [0.1, 0.15) is 0 Å². The van der Waals surface area contributed by atoms with E-state index in [0.29, 0.717) is 12.0 Å². The van der Waals surface area contributed by atoms with Crippen molar-refractivity contribution in [3.8, 4) is 0 Å². The van der Waals surface area contributed by atoms with Crippen molar-refractivity contribution < 1.29 is 0 Å². The van der Waals surface area contributed by atoms with E-state index in [1.54, 1.807) is 5.56 Å². The molecule has 0 fully saturated rings. The summed E-state index contributed by atoms with van der Waals surface area (Å²) in [5, 5.41) is 6.66. The summed E-state index contributed by atoms with van der Waals surface area (Å²) in [6.45, 7) is 6.83. The molecular weight excluding hydrogens is 522 g/mol. The molecular formula is C40H43N3. The summed E-state index contributed by atoms with van der Waals surface area (Å²) >= 11 is 0. The van der Waals surface area contributed by atoms with Crippen LogP contribution in [0.25, 0.3) is 21.8 Å². The van der Waals surface area contributed by atoms with Crippen LogP contribution in [-0.4, -0.2) is 16.0 Å². The summed E-state index contributed by atoms with van der Waals surface area (Å²) in [6, 6.07) is 37.7. The van der Waals surface area contributed by atoms with E-state index < -0.39 is 0 Å².